The normalized spacial score (nSPS) is 17.9. The highest BCUT2D eigenvalue weighted by molar-refractivity contribution is 9.11. The Bertz CT molecular complexity index is 479. The lowest BCUT2D eigenvalue weighted by Crippen LogP contribution is -2.13. The van der Waals surface area contributed by atoms with Gasteiger partial charge in [-0.15, -0.1) is 0 Å². The summed E-state index contributed by atoms with van der Waals surface area (Å²) < 4.78 is 13.5. The second-order valence-corrected chi connectivity index (χ2v) is 3.51. The van der Waals surface area contributed by atoms with Crippen molar-refractivity contribution in [2.45, 2.75) is 0 Å². The minimum absolute atomic E-state index is 0.237. The van der Waals surface area contributed by atoms with Crippen LogP contribution in [0.5, 0.6) is 0 Å². The van der Waals surface area contributed by atoms with Crippen molar-refractivity contribution in [2.75, 3.05) is 0 Å². The van der Waals surface area contributed by atoms with E-state index < -0.39 is 0 Å². The smallest absolute Gasteiger partial charge is 0.249 e. The van der Waals surface area contributed by atoms with Gasteiger partial charge >= 0.3 is 0 Å². The molecule has 1 N–H and O–H groups in total. The summed E-state index contributed by atoms with van der Waals surface area (Å²) in [5, 5.41) is 2.60. The largest absolute Gasteiger partial charge is 0.321 e. The summed E-state index contributed by atoms with van der Waals surface area (Å²) in [6.07, 6.45) is 1.38. The first-order valence-electron chi connectivity index (χ1n) is 4.30. The molecule has 2 rings (SSSR count). The van der Waals surface area contributed by atoms with Crippen LogP contribution in [0.15, 0.2) is 41.0 Å². The van der Waals surface area contributed by atoms with E-state index in [-0.39, 0.29) is 11.7 Å². The summed E-state index contributed by atoms with van der Waals surface area (Å²) in [6, 6.07) is 6.35. The molecule has 1 amide bonds. The predicted octanol–water partition coefficient (Wildman–Crippen LogP) is 2.58. The molecule has 0 saturated heterocycles. The Hall–Kier alpha value is -1.42. The van der Waals surface area contributed by atoms with Gasteiger partial charge in [-0.1, -0.05) is 34.1 Å². The van der Waals surface area contributed by atoms with Crippen LogP contribution in [0, 0.1) is 5.82 Å². The molecular weight excluding hydrogens is 261 g/mol. The molecule has 0 fully saturated rings. The number of halogens is 2. The van der Waals surface area contributed by atoms with Crippen LogP contribution in [0.4, 0.5) is 4.39 Å². The number of hydrogen-bond donors (Lipinski definition) is 1. The quantitative estimate of drug-likeness (QED) is 0.833. The lowest BCUT2D eigenvalue weighted by molar-refractivity contribution is -0.115. The average Bonchev–Trinajstić information content (AvgIpc) is 2.60. The lowest BCUT2D eigenvalue weighted by Gasteiger charge is -2.05. The summed E-state index contributed by atoms with van der Waals surface area (Å²) in [6.45, 7) is 0. The minimum Gasteiger partial charge on any atom is -0.321 e. The van der Waals surface area contributed by atoms with Crippen LogP contribution in [-0.2, 0) is 4.79 Å². The molecule has 1 aromatic carbocycles. The van der Waals surface area contributed by atoms with Crippen LogP contribution in [0.25, 0.3) is 5.57 Å². The Labute approximate surface area is 94.6 Å². The zero-order chi connectivity index (χ0) is 10.8. The first kappa shape index (κ1) is 10.1. The van der Waals surface area contributed by atoms with E-state index in [1.54, 1.807) is 23.2 Å². The maximum absolute atomic E-state index is 13.5. The van der Waals surface area contributed by atoms with E-state index in [2.05, 4.69) is 21.2 Å². The standard InChI is InChI=1S/C11H7BrFNO/c12-6-10-8(5-11(15)14-10)7-3-1-2-4-9(7)13/h1-6H,(H,14,15)/b10-6-. The van der Waals surface area contributed by atoms with Crippen molar-refractivity contribution in [3.05, 3.63) is 52.4 Å². The fourth-order valence-corrected chi connectivity index (χ4v) is 1.79. The number of nitrogens with one attached hydrogen (secondary N) is 1. The van der Waals surface area contributed by atoms with Crippen molar-refractivity contribution in [3.63, 3.8) is 0 Å². The van der Waals surface area contributed by atoms with E-state index in [1.165, 1.54) is 12.1 Å². The Morgan fingerprint density at radius 1 is 1.33 bits per heavy atom. The van der Waals surface area contributed by atoms with Crippen molar-refractivity contribution in [3.8, 4) is 0 Å². The van der Waals surface area contributed by atoms with Crippen LogP contribution < -0.4 is 5.32 Å². The summed E-state index contributed by atoms with van der Waals surface area (Å²) in [4.78, 5) is 12.7. The van der Waals surface area contributed by atoms with Gasteiger partial charge in [-0.25, -0.2) is 4.39 Å². The summed E-state index contributed by atoms with van der Waals surface area (Å²) in [7, 11) is 0. The number of carbonyl (C=O) groups is 1. The van der Waals surface area contributed by atoms with Crippen LogP contribution in [0.2, 0.25) is 0 Å². The number of benzene rings is 1. The third-order valence-corrected chi connectivity index (χ3v) is 2.55. The Balaban J connectivity index is 2.52. The first-order chi connectivity index (χ1) is 7.22. The van der Waals surface area contributed by atoms with Gasteiger partial charge in [0.05, 0.1) is 5.70 Å². The number of rotatable bonds is 1. The second-order valence-electron chi connectivity index (χ2n) is 3.05. The van der Waals surface area contributed by atoms with Gasteiger partial charge in [0, 0.05) is 22.2 Å². The minimum atomic E-state index is -0.341. The fraction of sp³-hybridized carbons (Fsp3) is 0. The highest BCUT2D eigenvalue weighted by Crippen LogP contribution is 2.27. The predicted molar refractivity (Wildman–Crippen MR) is 59.5 cm³/mol. The summed E-state index contributed by atoms with van der Waals surface area (Å²) in [5.41, 5.74) is 1.56. The van der Waals surface area contributed by atoms with Gasteiger partial charge in [-0.3, -0.25) is 4.79 Å². The SMILES string of the molecule is O=C1C=C(c2ccccc2F)/C(=C/Br)N1. The molecule has 4 heteroatoms. The maximum atomic E-state index is 13.5. The third-order valence-electron chi connectivity index (χ3n) is 2.10. The monoisotopic (exact) mass is 267 g/mol. The molecule has 1 aromatic rings. The highest BCUT2D eigenvalue weighted by atomic mass is 79.9. The van der Waals surface area contributed by atoms with E-state index in [0.717, 1.165) is 0 Å². The molecule has 0 bridgehead atoms. The summed E-state index contributed by atoms with van der Waals surface area (Å²) in [5.74, 6) is -0.578. The van der Waals surface area contributed by atoms with E-state index >= 15 is 0 Å². The molecule has 1 aliphatic rings. The van der Waals surface area contributed by atoms with Gasteiger partial charge in [-0.2, -0.15) is 0 Å². The zero-order valence-electron chi connectivity index (χ0n) is 7.63. The number of hydrogen-bond acceptors (Lipinski definition) is 1. The Kier molecular flexibility index (Phi) is 2.68. The molecule has 0 spiro atoms. The first-order valence-corrected chi connectivity index (χ1v) is 5.22. The molecule has 0 atom stereocenters. The average molecular weight is 268 g/mol. The molecule has 0 saturated carbocycles. The zero-order valence-corrected chi connectivity index (χ0v) is 9.21. The number of allylic oxidation sites excluding steroid dienone is 1. The fourth-order valence-electron chi connectivity index (χ4n) is 1.43. The molecule has 0 unspecified atom stereocenters. The maximum Gasteiger partial charge on any atom is 0.249 e. The van der Waals surface area contributed by atoms with Crippen molar-refractivity contribution in [2.24, 2.45) is 0 Å². The van der Waals surface area contributed by atoms with Crippen LogP contribution in [0.3, 0.4) is 0 Å². The van der Waals surface area contributed by atoms with Crippen molar-refractivity contribution >= 4 is 27.4 Å². The van der Waals surface area contributed by atoms with E-state index in [1.807, 2.05) is 0 Å². The molecule has 1 aliphatic heterocycles. The Morgan fingerprint density at radius 2 is 2.07 bits per heavy atom. The summed E-state index contributed by atoms with van der Waals surface area (Å²) >= 11 is 3.13. The molecule has 0 aromatic heterocycles. The molecule has 1 heterocycles. The molecule has 0 aliphatic carbocycles. The van der Waals surface area contributed by atoms with Gasteiger partial charge < -0.3 is 5.32 Å². The molecule has 2 nitrogen and oxygen atoms in total. The van der Waals surface area contributed by atoms with Crippen LogP contribution in [0.1, 0.15) is 5.56 Å². The van der Waals surface area contributed by atoms with Gasteiger partial charge in [0.15, 0.2) is 0 Å². The molecule has 15 heavy (non-hydrogen) atoms. The molecular formula is C11H7BrFNO. The van der Waals surface area contributed by atoms with Crippen molar-refractivity contribution in [1.82, 2.24) is 5.32 Å². The lowest BCUT2D eigenvalue weighted by atomic mass is 10.0. The van der Waals surface area contributed by atoms with E-state index in [0.29, 0.717) is 16.8 Å². The van der Waals surface area contributed by atoms with Crippen molar-refractivity contribution < 1.29 is 9.18 Å². The van der Waals surface area contributed by atoms with E-state index in [9.17, 15) is 9.18 Å². The molecule has 76 valence electrons. The van der Waals surface area contributed by atoms with Crippen molar-refractivity contribution in [1.29, 1.82) is 0 Å². The van der Waals surface area contributed by atoms with Crippen LogP contribution >= 0.6 is 15.9 Å². The van der Waals surface area contributed by atoms with Crippen LogP contribution in [-0.4, -0.2) is 5.91 Å². The topological polar surface area (TPSA) is 29.1 Å². The number of amides is 1. The second kappa shape index (κ2) is 3.98. The van der Waals surface area contributed by atoms with Gasteiger partial charge in [-0.05, 0) is 6.07 Å². The van der Waals surface area contributed by atoms with Gasteiger partial charge in [0.1, 0.15) is 5.82 Å². The van der Waals surface area contributed by atoms with Gasteiger partial charge in [0.25, 0.3) is 0 Å². The Morgan fingerprint density at radius 3 is 2.73 bits per heavy atom. The van der Waals surface area contributed by atoms with E-state index in [4.69, 9.17) is 0 Å². The molecule has 0 radical (unpaired) electrons. The highest BCUT2D eigenvalue weighted by Gasteiger charge is 2.20. The third kappa shape index (κ3) is 1.85. The van der Waals surface area contributed by atoms with Gasteiger partial charge in [0.2, 0.25) is 5.91 Å². The number of carbonyl (C=O) groups excluding carboxylic acids is 1.